The summed E-state index contributed by atoms with van der Waals surface area (Å²) in [5, 5.41) is 18.6. The van der Waals surface area contributed by atoms with Gasteiger partial charge in [0.25, 0.3) is 5.91 Å². The van der Waals surface area contributed by atoms with Crippen molar-refractivity contribution in [3.63, 3.8) is 0 Å². The van der Waals surface area contributed by atoms with Crippen LogP contribution in [0, 0.1) is 17.2 Å². The molecule has 1 amide bonds. The Bertz CT molecular complexity index is 739. The molecule has 1 aromatic carbocycles. The summed E-state index contributed by atoms with van der Waals surface area (Å²) in [4.78, 5) is 18.4. The predicted octanol–water partition coefficient (Wildman–Crippen LogP) is 1.80. The number of nitrogens with zero attached hydrogens (tertiary/aromatic N) is 3. The van der Waals surface area contributed by atoms with Gasteiger partial charge in [-0.15, -0.1) is 0 Å². The van der Waals surface area contributed by atoms with Crippen LogP contribution in [-0.2, 0) is 0 Å². The van der Waals surface area contributed by atoms with Gasteiger partial charge in [-0.2, -0.15) is 5.26 Å². The molecule has 1 fully saturated rings. The number of hydrogen-bond acceptors (Lipinski definition) is 4. The molecule has 2 aromatic rings. The minimum absolute atomic E-state index is 0.0144. The first-order chi connectivity index (χ1) is 11.2. The standard InChI is InChI=1S/C18H17N3O2/c19-9-13-2-1-3-15(8-13)18(23)21-10-16(12-22)17(11-21)14-4-6-20-7-5-14/h1-8,16-17,22H,10-12H2/t16-,17-/m0/s1. The van der Waals surface area contributed by atoms with Crippen LogP contribution in [0.4, 0.5) is 0 Å². The maximum atomic E-state index is 12.7. The Hall–Kier alpha value is -2.71. The van der Waals surface area contributed by atoms with Crippen molar-refractivity contribution in [3.05, 3.63) is 65.5 Å². The predicted molar refractivity (Wildman–Crippen MR) is 84.6 cm³/mol. The molecule has 0 spiro atoms. The third-order valence-electron chi connectivity index (χ3n) is 4.34. The molecule has 5 heteroatoms. The van der Waals surface area contributed by atoms with Crippen LogP contribution in [-0.4, -0.2) is 40.6 Å². The molecule has 1 aromatic heterocycles. The van der Waals surface area contributed by atoms with Crippen LogP contribution in [0.15, 0.2) is 48.8 Å². The molecule has 23 heavy (non-hydrogen) atoms. The van der Waals surface area contributed by atoms with Crippen molar-refractivity contribution in [2.24, 2.45) is 5.92 Å². The van der Waals surface area contributed by atoms with Crippen LogP contribution in [0.2, 0.25) is 0 Å². The highest BCUT2D eigenvalue weighted by Gasteiger charge is 2.36. The Kier molecular flexibility index (Phi) is 4.35. The quantitative estimate of drug-likeness (QED) is 0.938. The van der Waals surface area contributed by atoms with E-state index < -0.39 is 0 Å². The number of carbonyl (C=O) groups is 1. The number of nitriles is 1. The molecular weight excluding hydrogens is 290 g/mol. The van der Waals surface area contributed by atoms with Crippen LogP contribution in [0.1, 0.15) is 27.4 Å². The van der Waals surface area contributed by atoms with Gasteiger partial charge in [0.1, 0.15) is 0 Å². The Balaban J connectivity index is 1.82. The number of pyridine rings is 1. The Morgan fingerprint density at radius 3 is 2.78 bits per heavy atom. The molecule has 1 aliphatic heterocycles. The first kappa shape index (κ1) is 15.2. The van der Waals surface area contributed by atoms with Gasteiger partial charge < -0.3 is 10.0 Å². The Labute approximate surface area is 134 Å². The van der Waals surface area contributed by atoms with Crippen molar-refractivity contribution in [1.82, 2.24) is 9.88 Å². The number of rotatable bonds is 3. The SMILES string of the molecule is N#Cc1cccc(C(=O)N2C[C@@H](CO)[C@H](c3ccncc3)C2)c1. The monoisotopic (exact) mass is 307 g/mol. The van der Waals surface area contributed by atoms with Crippen LogP contribution >= 0.6 is 0 Å². The van der Waals surface area contributed by atoms with E-state index in [0.29, 0.717) is 24.2 Å². The number of amides is 1. The van der Waals surface area contributed by atoms with Crippen molar-refractivity contribution in [3.8, 4) is 6.07 Å². The number of carbonyl (C=O) groups excluding carboxylic acids is 1. The summed E-state index contributed by atoms with van der Waals surface area (Å²) in [6.07, 6.45) is 3.45. The number of aliphatic hydroxyl groups is 1. The van der Waals surface area contributed by atoms with Gasteiger partial charge in [-0.25, -0.2) is 0 Å². The summed E-state index contributed by atoms with van der Waals surface area (Å²) in [7, 11) is 0. The smallest absolute Gasteiger partial charge is 0.253 e. The molecule has 3 rings (SSSR count). The fourth-order valence-corrected chi connectivity index (χ4v) is 3.11. The Morgan fingerprint density at radius 2 is 2.09 bits per heavy atom. The largest absolute Gasteiger partial charge is 0.396 e. The van der Waals surface area contributed by atoms with Gasteiger partial charge >= 0.3 is 0 Å². The summed E-state index contributed by atoms with van der Waals surface area (Å²) in [5.41, 5.74) is 2.07. The van der Waals surface area contributed by atoms with E-state index in [1.54, 1.807) is 41.6 Å². The normalized spacial score (nSPS) is 20.3. The van der Waals surface area contributed by atoms with Gasteiger partial charge in [0.05, 0.1) is 11.6 Å². The van der Waals surface area contributed by atoms with E-state index in [4.69, 9.17) is 5.26 Å². The summed E-state index contributed by atoms with van der Waals surface area (Å²) < 4.78 is 0. The van der Waals surface area contributed by atoms with Gasteiger partial charge in [-0.1, -0.05) is 6.07 Å². The highest BCUT2D eigenvalue weighted by Crippen LogP contribution is 2.32. The second-order valence-corrected chi connectivity index (χ2v) is 5.73. The minimum atomic E-state index is -0.0999. The number of aliphatic hydroxyl groups excluding tert-OH is 1. The lowest BCUT2D eigenvalue weighted by Gasteiger charge is -2.17. The molecule has 1 aliphatic rings. The van der Waals surface area contributed by atoms with Crippen LogP contribution in [0.25, 0.3) is 0 Å². The van der Waals surface area contributed by atoms with Gasteiger partial charge in [0, 0.05) is 49.5 Å². The second kappa shape index (κ2) is 6.59. The highest BCUT2D eigenvalue weighted by molar-refractivity contribution is 5.94. The molecule has 116 valence electrons. The van der Waals surface area contributed by atoms with E-state index in [1.807, 2.05) is 18.2 Å². The van der Waals surface area contributed by atoms with Crippen molar-refractivity contribution in [2.45, 2.75) is 5.92 Å². The van der Waals surface area contributed by atoms with Gasteiger partial charge in [0.15, 0.2) is 0 Å². The van der Waals surface area contributed by atoms with E-state index in [0.717, 1.165) is 5.56 Å². The van der Waals surface area contributed by atoms with E-state index in [1.165, 1.54) is 0 Å². The first-order valence-corrected chi connectivity index (χ1v) is 7.53. The summed E-state index contributed by atoms with van der Waals surface area (Å²) in [5.74, 6) is 0.0173. The topological polar surface area (TPSA) is 77.2 Å². The van der Waals surface area contributed by atoms with Gasteiger partial charge in [-0.3, -0.25) is 9.78 Å². The molecule has 0 bridgehead atoms. The van der Waals surface area contributed by atoms with E-state index in [2.05, 4.69) is 4.98 Å². The fraction of sp³-hybridized carbons (Fsp3) is 0.278. The van der Waals surface area contributed by atoms with Crippen LogP contribution in [0.3, 0.4) is 0 Å². The summed E-state index contributed by atoms with van der Waals surface area (Å²) >= 11 is 0. The summed E-state index contributed by atoms with van der Waals surface area (Å²) in [6, 6.07) is 12.6. The molecule has 0 aliphatic carbocycles. The van der Waals surface area contributed by atoms with E-state index in [-0.39, 0.29) is 24.3 Å². The Morgan fingerprint density at radius 1 is 1.30 bits per heavy atom. The lowest BCUT2D eigenvalue weighted by atomic mass is 9.90. The van der Waals surface area contributed by atoms with Crippen LogP contribution < -0.4 is 0 Å². The van der Waals surface area contributed by atoms with Crippen LogP contribution in [0.5, 0.6) is 0 Å². The maximum Gasteiger partial charge on any atom is 0.253 e. The average molecular weight is 307 g/mol. The van der Waals surface area contributed by atoms with Crippen molar-refractivity contribution in [2.75, 3.05) is 19.7 Å². The third-order valence-corrected chi connectivity index (χ3v) is 4.34. The molecule has 1 N–H and O–H groups in total. The molecule has 2 heterocycles. The summed E-state index contributed by atoms with van der Waals surface area (Å²) in [6.45, 7) is 1.11. The first-order valence-electron chi connectivity index (χ1n) is 7.53. The average Bonchev–Trinajstić information content (AvgIpc) is 3.06. The van der Waals surface area contributed by atoms with Crippen molar-refractivity contribution < 1.29 is 9.90 Å². The minimum Gasteiger partial charge on any atom is -0.396 e. The van der Waals surface area contributed by atoms with E-state index in [9.17, 15) is 9.90 Å². The maximum absolute atomic E-state index is 12.7. The lowest BCUT2D eigenvalue weighted by molar-refractivity contribution is 0.0781. The molecule has 5 nitrogen and oxygen atoms in total. The molecule has 0 radical (unpaired) electrons. The molecular formula is C18H17N3O2. The zero-order valence-corrected chi connectivity index (χ0v) is 12.6. The highest BCUT2D eigenvalue weighted by atomic mass is 16.3. The van der Waals surface area contributed by atoms with E-state index >= 15 is 0 Å². The zero-order chi connectivity index (χ0) is 16.2. The van der Waals surface area contributed by atoms with Crippen molar-refractivity contribution >= 4 is 5.91 Å². The number of aromatic nitrogens is 1. The second-order valence-electron chi connectivity index (χ2n) is 5.73. The lowest BCUT2D eigenvalue weighted by Crippen LogP contribution is -2.29. The number of benzene rings is 1. The van der Waals surface area contributed by atoms with Gasteiger partial charge in [0.2, 0.25) is 0 Å². The zero-order valence-electron chi connectivity index (χ0n) is 12.6. The van der Waals surface area contributed by atoms with Crippen molar-refractivity contribution in [1.29, 1.82) is 5.26 Å². The molecule has 0 unspecified atom stereocenters. The molecule has 2 atom stereocenters. The third kappa shape index (κ3) is 3.08. The number of likely N-dealkylation sites (tertiary alicyclic amines) is 1. The molecule has 0 saturated carbocycles. The number of hydrogen-bond donors (Lipinski definition) is 1. The van der Waals surface area contributed by atoms with Gasteiger partial charge in [-0.05, 0) is 35.9 Å². The molecule has 1 saturated heterocycles. The fourth-order valence-electron chi connectivity index (χ4n) is 3.11.